The van der Waals surface area contributed by atoms with Gasteiger partial charge in [0.2, 0.25) is 5.95 Å². The molecule has 0 saturated carbocycles. The van der Waals surface area contributed by atoms with E-state index in [4.69, 9.17) is 9.72 Å². The molecule has 0 aliphatic carbocycles. The third-order valence-corrected chi connectivity index (χ3v) is 4.85. The fourth-order valence-corrected chi connectivity index (χ4v) is 3.20. The molecule has 30 heavy (non-hydrogen) atoms. The number of nitrogens with zero attached hydrogens (tertiary/aromatic N) is 2. The number of anilines is 3. The van der Waals surface area contributed by atoms with Crippen LogP contribution in [0.15, 0.2) is 72.8 Å². The average Bonchev–Trinajstić information content (AvgIpc) is 2.78. The lowest BCUT2D eigenvalue weighted by molar-refractivity contribution is 0.199. The van der Waals surface area contributed by atoms with E-state index in [1.807, 2.05) is 72.8 Å². The summed E-state index contributed by atoms with van der Waals surface area (Å²) in [4.78, 5) is 9.34. The van der Waals surface area contributed by atoms with Crippen LogP contribution in [0.2, 0.25) is 0 Å². The number of aromatic nitrogens is 2. The summed E-state index contributed by atoms with van der Waals surface area (Å²) in [5.41, 5.74) is 3.62. The summed E-state index contributed by atoms with van der Waals surface area (Å²) in [6.45, 7) is 2.37. The van der Waals surface area contributed by atoms with Crippen molar-refractivity contribution in [2.75, 3.05) is 17.7 Å². The van der Waals surface area contributed by atoms with Crippen molar-refractivity contribution in [1.82, 2.24) is 9.97 Å². The maximum absolute atomic E-state index is 9.83. The van der Waals surface area contributed by atoms with Crippen molar-refractivity contribution in [3.05, 3.63) is 83.9 Å². The van der Waals surface area contributed by atoms with Crippen LogP contribution in [0.4, 0.5) is 17.5 Å². The molecule has 3 aromatic carbocycles. The normalized spacial score (nSPS) is 11.8. The Kier molecular flexibility index (Phi) is 5.77. The zero-order valence-electron chi connectivity index (χ0n) is 17.0. The highest BCUT2D eigenvalue weighted by molar-refractivity contribution is 5.90. The third-order valence-electron chi connectivity index (χ3n) is 4.85. The molecule has 152 valence electrons. The van der Waals surface area contributed by atoms with Crippen molar-refractivity contribution in [2.24, 2.45) is 0 Å². The highest BCUT2D eigenvalue weighted by Crippen LogP contribution is 2.25. The van der Waals surface area contributed by atoms with Crippen LogP contribution in [0.1, 0.15) is 24.2 Å². The molecular formula is C24H24N4O2. The minimum Gasteiger partial charge on any atom is -0.497 e. The zero-order chi connectivity index (χ0) is 20.9. The van der Waals surface area contributed by atoms with Crippen LogP contribution < -0.4 is 15.4 Å². The first kappa shape index (κ1) is 19.7. The van der Waals surface area contributed by atoms with Gasteiger partial charge in [0.05, 0.1) is 18.7 Å². The van der Waals surface area contributed by atoms with Crippen LogP contribution in [0.25, 0.3) is 10.9 Å². The summed E-state index contributed by atoms with van der Waals surface area (Å²) in [5.74, 6) is 2.08. The molecule has 0 bridgehead atoms. The lowest BCUT2D eigenvalue weighted by Crippen LogP contribution is -2.06. The number of hydrogen-bond donors (Lipinski definition) is 3. The van der Waals surface area contributed by atoms with Gasteiger partial charge >= 0.3 is 0 Å². The van der Waals surface area contributed by atoms with E-state index in [9.17, 15) is 5.11 Å². The van der Waals surface area contributed by atoms with Crippen molar-refractivity contribution in [1.29, 1.82) is 0 Å². The van der Waals surface area contributed by atoms with E-state index in [-0.39, 0.29) is 0 Å². The van der Waals surface area contributed by atoms with Gasteiger partial charge in [-0.2, -0.15) is 4.98 Å². The largest absolute Gasteiger partial charge is 0.497 e. The number of aliphatic hydroxyl groups is 1. The fraction of sp³-hybridized carbons (Fsp3) is 0.167. The van der Waals surface area contributed by atoms with E-state index >= 15 is 0 Å². The molecule has 1 heterocycles. The molecule has 0 saturated heterocycles. The molecule has 6 heteroatoms. The maximum atomic E-state index is 9.83. The first-order valence-corrected chi connectivity index (χ1v) is 9.81. The molecule has 1 unspecified atom stereocenters. The molecule has 1 atom stereocenters. The lowest BCUT2D eigenvalue weighted by atomic mass is 10.1. The van der Waals surface area contributed by atoms with Crippen molar-refractivity contribution in [3.63, 3.8) is 0 Å². The summed E-state index contributed by atoms with van der Waals surface area (Å²) in [6.07, 6.45) is -0.536. The second-order valence-electron chi connectivity index (χ2n) is 7.04. The Balaban J connectivity index is 1.61. The molecule has 0 aliphatic rings. The molecule has 6 nitrogen and oxygen atoms in total. The Hall–Kier alpha value is -3.64. The second-order valence-corrected chi connectivity index (χ2v) is 7.04. The molecule has 4 aromatic rings. The van der Waals surface area contributed by atoms with Gasteiger partial charge in [-0.25, -0.2) is 4.98 Å². The molecule has 0 amide bonds. The Labute approximate surface area is 175 Å². The minimum absolute atomic E-state index is 0.494. The predicted octanol–water partition coefficient (Wildman–Crippen LogP) is 5.05. The average molecular weight is 400 g/mol. The Bertz CT molecular complexity index is 1140. The van der Waals surface area contributed by atoms with Crippen LogP contribution in [0.5, 0.6) is 5.75 Å². The molecule has 0 aliphatic heterocycles. The monoisotopic (exact) mass is 400 g/mol. The van der Waals surface area contributed by atoms with Crippen LogP contribution in [0.3, 0.4) is 0 Å². The van der Waals surface area contributed by atoms with Crippen molar-refractivity contribution in [3.8, 4) is 5.75 Å². The maximum Gasteiger partial charge on any atom is 0.229 e. The van der Waals surface area contributed by atoms with E-state index in [1.165, 1.54) is 0 Å². The number of hydrogen-bond acceptors (Lipinski definition) is 6. The van der Waals surface area contributed by atoms with Crippen LogP contribution in [-0.4, -0.2) is 22.2 Å². The van der Waals surface area contributed by atoms with E-state index in [0.717, 1.165) is 39.3 Å². The molecule has 0 fully saturated rings. The summed E-state index contributed by atoms with van der Waals surface area (Å²) in [5, 5.41) is 17.5. The first-order valence-electron chi connectivity index (χ1n) is 9.81. The first-order chi connectivity index (χ1) is 14.6. The van der Waals surface area contributed by atoms with Gasteiger partial charge in [0, 0.05) is 17.6 Å². The second kappa shape index (κ2) is 8.80. The Morgan fingerprint density at radius 2 is 1.77 bits per heavy atom. The number of benzene rings is 3. The summed E-state index contributed by atoms with van der Waals surface area (Å²) >= 11 is 0. The van der Waals surface area contributed by atoms with Gasteiger partial charge in [-0.05, 0) is 54.4 Å². The van der Waals surface area contributed by atoms with E-state index in [2.05, 4.69) is 15.6 Å². The molecule has 0 spiro atoms. The highest BCUT2D eigenvalue weighted by Gasteiger charge is 2.09. The van der Waals surface area contributed by atoms with Gasteiger partial charge < -0.3 is 20.5 Å². The van der Waals surface area contributed by atoms with Gasteiger partial charge in [0.1, 0.15) is 11.6 Å². The number of fused-ring (bicyclic) bond motifs is 1. The minimum atomic E-state index is -0.536. The van der Waals surface area contributed by atoms with Crippen molar-refractivity contribution < 1.29 is 9.84 Å². The highest BCUT2D eigenvalue weighted by atomic mass is 16.5. The fourth-order valence-electron chi connectivity index (χ4n) is 3.20. The number of ether oxygens (including phenoxy) is 1. The number of aliphatic hydroxyl groups excluding tert-OH is 1. The Morgan fingerprint density at radius 3 is 2.53 bits per heavy atom. The summed E-state index contributed by atoms with van der Waals surface area (Å²) in [6, 6.07) is 23.4. The topological polar surface area (TPSA) is 79.3 Å². The van der Waals surface area contributed by atoms with E-state index < -0.39 is 6.10 Å². The quantitative estimate of drug-likeness (QED) is 0.403. The molecule has 1 aromatic heterocycles. The molecule has 3 N–H and O–H groups in total. The lowest BCUT2D eigenvalue weighted by Gasteiger charge is -2.13. The van der Waals surface area contributed by atoms with Gasteiger partial charge in [0.15, 0.2) is 0 Å². The van der Waals surface area contributed by atoms with Gasteiger partial charge in [-0.3, -0.25) is 0 Å². The summed E-state index contributed by atoms with van der Waals surface area (Å²) in [7, 11) is 1.66. The number of rotatable bonds is 7. The number of para-hydroxylation sites is 1. The zero-order valence-corrected chi connectivity index (χ0v) is 17.0. The summed E-state index contributed by atoms with van der Waals surface area (Å²) < 4.78 is 5.22. The SMILES string of the molecule is COc1ccc(CNc2nc(Nc3cccc(C(C)O)c3)nc3ccccc23)cc1. The van der Waals surface area contributed by atoms with E-state index in [0.29, 0.717) is 12.5 Å². The molecule has 4 rings (SSSR count). The standard InChI is InChI=1S/C24H24N4O2/c1-16(29)18-6-5-7-19(14-18)26-24-27-22-9-4-3-8-21(22)23(28-24)25-15-17-10-12-20(30-2)13-11-17/h3-14,16,29H,15H2,1-2H3,(H2,25,26,27,28). The van der Waals surface area contributed by atoms with Gasteiger partial charge in [0.25, 0.3) is 0 Å². The van der Waals surface area contributed by atoms with Gasteiger partial charge in [-0.1, -0.05) is 36.4 Å². The van der Waals surface area contributed by atoms with Crippen molar-refractivity contribution in [2.45, 2.75) is 19.6 Å². The number of methoxy groups -OCH3 is 1. The third kappa shape index (κ3) is 4.50. The smallest absolute Gasteiger partial charge is 0.229 e. The van der Waals surface area contributed by atoms with Crippen LogP contribution in [0, 0.1) is 0 Å². The molecular weight excluding hydrogens is 376 g/mol. The predicted molar refractivity (Wildman–Crippen MR) is 120 cm³/mol. The molecule has 0 radical (unpaired) electrons. The Morgan fingerprint density at radius 1 is 0.967 bits per heavy atom. The van der Waals surface area contributed by atoms with E-state index in [1.54, 1.807) is 14.0 Å². The van der Waals surface area contributed by atoms with Crippen molar-refractivity contribution >= 4 is 28.4 Å². The van der Waals surface area contributed by atoms with Crippen LogP contribution in [-0.2, 0) is 6.54 Å². The van der Waals surface area contributed by atoms with Gasteiger partial charge in [-0.15, -0.1) is 0 Å². The van der Waals surface area contributed by atoms with Crippen LogP contribution >= 0.6 is 0 Å². The number of nitrogens with one attached hydrogen (secondary N) is 2.